The number of halogens is 4. The van der Waals surface area contributed by atoms with Gasteiger partial charge in [0.2, 0.25) is 0 Å². The van der Waals surface area contributed by atoms with Gasteiger partial charge in [-0.25, -0.2) is 4.39 Å². The molecule has 0 fully saturated rings. The van der Waals surface area contributed by atoms with Gasteiger partial charge in [-0.05, 0) is 41.8 Å². The van der Waals surface area contributed by atoms with Crippen LogP contribution >= 0.6 is 0 Å². The van der Waals surface area contributed by atoms with E-state index in [1.54, 1.807) is 12.1 Å². The molecule has 0 bridgehead atoms. The summed E-state index contributed by atoms with van der Waals surface area (Å²) in [6, 6.07) is 10.4. The monoisotopic (exact) mass is 298 g/mol. The number of rotatable bonds is 4. The molecule has 112 valence electrons. The van der Waals surface area contributed by atoms with Crippen LogP contribution in [-0.2, 0) is 12.6 Å². The maximum absolute atomic E-state index is 13.2. The minimum absolute atomic E-state index is 0.359. The van der Waals surface area contributed by atoms with Gasteiger partial charge in [-0.2, -0.15) is 13.2 Å². The van der Waals surface area contributed by atoms with E-state index >= 15 is 0 Å². The molecule has 3 N–H and O–H groups in total. The van der Waals surface area contributed by atoms with E-state index in [0.717, 1.165) is 12.1 Å². The summed E-state index contributed by atoms with van der Waals surface area (Å²) in [7, 11) is 0. The molecule has 0 saturated heterocycles. The summed E-state index contributed by atoms with van der Waals surface area (Å²) >= 11 is 0. The van der Waals surface area contributed by atoms with Gasteiger partial charge >= 0.3 is 6.18 Å². The third-order valence-corrected chi connectivity index (χ3v) is 3.17. The molecule has 2 aromatic carbocycles. The average molecular weight is 298 g/mol. The van der Waals surface area contributed by atoms with E-state index < -0.39 is 11.7 Å². The van der Waals surface area contributed by atoms with Crippen LogP contribution in [-0.4, -0.2) is 0 Å². The van der Waals surface area contributed by atoms with Gasteiger partial charge in [0, 0.05) is 0 Å². The van der Waals surface area contributed by atoms with Gasteiger partial charge < -0.3 is 0 Å². The van der Waals surface area contributed by atoms with Crippen LogP contribution in [0.25, 0.3) is 0 Å². The lowest BCUT2D eigenvalue weighted by molar-refractivity contribution is -0.137. The van der Waals surface area contributed by atoms with Crippen molar-refractivity contribution in [1.82, 2.24) is 5.43 Å². The van der Waals surface area contributed by atoms with Crippen LogP contribution in [0, 0.1) is 5.82 Å². The van der Waals surface area contributed by atoms with Gasteiger partial charge in [-0.15, -0.1) is 0 Å². The van der Waals surface area contributed by atoms with Crippen molar-refractivity contribution in [2.75, 3.05) is 0 Å². The van der Waals surface area contributed by atoms with Gasteiger partial charge in [-0.3, -0.25) is 11.3 Å². The molecule has 0 heterocycles. The summed E-state index contributed by atoms with van der Waals surface area (Å²) < 4.78 is 50.6. The van der Waals surface area contributed by atoms with Crippen molar-refractivity contribution in [2.24, 2.45) is 5.84 Å². The zero-order valence-electron chi connectivity index (χ0n) is 11.0. The van der Waals surface area contributed by atoms with E-state index in [-0.39, 0.29) is 11.9 Å². The van der Waals surface area contributed by atoms with Crippen LogP contribution in [0.4, 0.5) is 17.6 Å². The molecule has 2 rings (SSSR count). The summed E-state index contributed by atoms with van der Waals surface area (Å²) in [6.45, 7) is 0. The van der Waals surface area contributed by atoms with Crippen molar-refractivity contribution in [3.05, 3.63) is 71.0 Å². The largest absolute Gasteiger partial charge is 0.416 e. The second-order valence-electron chi connectivity index (χ2n) is 4.67. The molecule has 1 atom stereocenters. The zero-order valence-corrected chi connectivity index (χ0v) is 11.0. The molecule has 21 heavy (non-hydrogen) atoms. The number of hydrogen-bond acceptors (Lipinski definition) is 2. The van der Waals surface area contributed by atoms with Crippen LogP contribution in [0.3, 0.4) is 0 Å². The van der Waals surface area contributed by atoms with Crippen molar-refractivity contribution >= 4 is 0 Å². The number of nitrogens with one attached hydrogen (secondary N) is 1. The lowest BCUT2D eigenvalue weighted by Gasteiger charge is -2.17. The van der Waals surface area contributed by atoms with Gasteiger partial charge in [0.15, 0.2) is 0 Å². The molecule has 6 heteroatoms. The summed E-state index contributed by atoms with van der Waals surface area (Å²) in [4.78, 5) is 0. The Morgan fingerprint density at radius 1 is 1.05 bits per heavy atom. The molecule has 1 unspecified atom stereocenters. The predicted octanol–water partition coefficient (Wildman–Crippen LogP) is 3.59. The molecule has 0 amide bonds. The topological polar surface area (TPSA) is 38.0 Å². The molecule has 0 aromatic heterocycles. The Bertz CT molecular complexity index is 593. The van der Waals surface area contributed by atoms with Crippen LogP contribution < -0.4 is 11.3 Å². The smallest absolute Gasteiger partial charge is 0.271 e. The Hall–Kier alpha value is -1.92. The SMILES string of the molecule is NNC(Cc1ccc(C(F)(F)F)cc1)c1cccc(F)c1. The quantitative estimate of drug-likeness (QED) is 0.514. The Morgan fingerprint density at radius 3 is 2.24 bits per heavy atom. The van der Waals surface area contributed by atoms with E-state index in [0.29, 0.717) is 17.5 Å². The van der Waals surface area contributed by atoms with E-state index in [9.17, 15) is 17.6 Å². The second-order valence-corrected chi connectivity index (χ2v) is 4.67. The van der Waals surface area contributed by atoms with Crippen molar-refractivity contribution in [2.45, 2.75) is 18.6 Å². The Balaban J connectivity index is 2.15. The fourth-order valence-corrected chi connectivity index (χ4v) is 2.06. The summed E-state index contributed by atoms with van der Waals surface area (Å²) in [5.41, 5.74) is 3.16. The highest BCUT2D eigenvalue weighted by atomic mass is 19.4. The number of alkyl halides is 3. The second kappa shape index (κ2) is 6.24. The highest BCUT2D eigenvalue weighted by Gasteiger charge is 2.30. The number of nitrogens with two attached hydrogens (primary N) is 1. The van der Waals surface area contributed by atoms with E-state index in [4.69, 9.17) is 5.84 Å². The highest BCUT2D eigenvalue weighted by molar-refractivity contribution is 5.28. The summed E-state index contributed by atoms with van der Waals surface area (Å²) in [5.74, 6) is 5.06. The van der Waals surface area contributed by atoms with Crippen molar-refractivity contribution in [3.8, 4) is 0 Å². The molecule has 2 aromatic rings. The first kappa shape index (κ1) is 15.5. The maximum Gasteiger partial charge on any atom is 0.416 e. The van der Waals surface area contributed by atoms with Gasteiger partial charge in [0.05, 0.1) is 11.6 Å². The van der Waals surface area contributed by atoms with Crippen molar-refractivity contribution in [1.29, 1.82) is 0 Å². The summed E-state index contributed by atoms with van der Waals surface area (Å²) in [6.07, 6.45) is -4.00. The first-order valence-corrected chi connectivity index (χ1v) is 6.28. The van der Waals surface area contributed by atoms with Crippen LogP contribution in [0.5, 0.6) is 0 Å². The normalized spacial score (nSPS) is 13.2. The Labute approximate surface area is 119 Å². The molecular weight excluding hydrogens is 284 g/mol. The van der Waals surface area contributed by atoms with Crippen molar-refractivity contribution in [3.63, 3.8) is 0 Å². The van der Waals surface area contributed by atoms with Crippen molar-refractivity contribution < 1.29 is 17.6 Å². The lowest BCUT2D eigenvalue weighted by Crippen LogP contribution is -2.29. The fraction of sp³-hybridized carbons (Fsp3) is 0.200. The molecule has 0 aliphatic heterocycles. The summed E-state index contributed by atoms with van der Waals surface area (Å²) in [5, 5.41) is 0. The molecule has 0 aliphatic rings. The van der Waals surface area contributed by atoms with Gasteiger partial charge in [-0.1, -0.05) is 24.3 Å². The van der Waals surface area contributed by atoms with E-state index in [1.807, 2.05) is 0 Å². The van der Waals surface area contributed by atoms with E-state index in [1.165, 1.54) is 24.3 Å². The van der Waals surface area contributed by atoms with Crippen LogP contribution in [0.1, 0.15) is 22.7 Å². The molecule has 0 aliphatic carbocycles. The molecule has 0 spiro atoms. The van der Waals surface area contributed by atoms with Gasteiger partial charge in [0.1, 0.15) is 5.82 Å². The number of hydrazine groups is 1. The first-order chi connectivity index (χ1) is 9.90. The fourth-order valence-electron chi connectivity index (χ4n) is 2.06. The van der Waals surface area contributed by atoms with E-state index in [2.05, 4.69) is 5.43 Å². The zero-order chi connectivity index (χ0) is 15.5. The average Bonchev–Trinajstić information content (AvgIpc) is 2.44. The molecule has 0 radical (unpaired) electrons. The standard InChI is InChI=1S/C15H14F4N2/c16-13-3-1-2-11(9-13)14(21-20)8-10-4-6-12(7-5-10)15(17,18)19/h1-7,9,14,21H,8,20H2. The van der Waals surface area contributed by atoms with Crippen LogP contribution in [0.15, 0.2) is 48.5 Å². The lowest BCUT2D eigenvalue weighted by atomic mass is 9.98. The number of hydrogen-bond donors (Lipinski definition) is 2. The van der Waals surface area contributed by atoms with Gasteiger partial charge in [0.25, 0.3) is 0 Å². The Morgan fingerprint density at radius 2 is 1.71 bits per heavy atom. The third kappa shape index (κ3) is 4.03. The third-order valence-electron chi connectivity index (χ3n) is 3.17. The minimum atomic E-state index is -4.35. The molecule has 0 saturated carbocycles. The first-order valence-electron chi connectivity index (χ1n) is 6.28. The maximum atomic E-state index is 13.2. The molecular formula is C15H14F4N2. The highest BCUT2D eigenvalue weighted by Crippen LogP contribution is 2.29. The predicted molar refractivity (Wildman–Crippen MR) is 71.6 cm³/mol. The number of benzene rings is 2. The Kier molecular flexibility index (Phi) is 4.59. The van der Waals surface area contributed by atoms with Crippen LogP contribution in [0.2, 0.25) is 0 Å². The minimum Gasteiger partial charge on any atom is -0.271 e. The molecule has 2 nitrogen and oxygen atoms in total.